The van der Waals surface area contributed by atoms with E-state index in [4.69, 9.17) is 0 Å². The van der Waals surface area contributed by atoms with Gasteiger partial charge >= 0.3 is 6.18 Å². The van der Waals surface area contributed by atoms with Crippen LogP contribution in [0.4, 0.5) is 13.2 Å². The Labute approximate surface area is 117 Å². The Morgan fingerprint density at radius 2 is 2.00 bits per heavy atom. The molecule has 19 heavy (non-hydrogen) atoms. The van der Waals surface area contributed by atoms with Gasteiger partial charge in [-0.25, -0.2) is 0 Å². The average Bonchev–Trinajstić information content (AvgIpc) is 2.33. The van der Waals surface area contributed by atoms with E-state index in [-0.39, 0.29) is 12.6 Å². The van der Waals surface area contributed by atoms with Gasteiger partial charge in [0.05, 0.1) is 6.54 Å². The number of carbonyl (C=O) groups excluding carboxylic acids is 1. The third-order valence-electron chi connectivity index (χ3n) is 2.43. The fourth-order valence-corrected chi connectivity index (χ4v) is 2.07. The monoisotopic (exact) mass is 338 g/mol. The van der Waals surface area contributed by atoms with Crippen LogP contribution >= 0.6 is 15.9 Å². The molecule has 1 amide bonds. The number of hydrogen-bond donors (Lipinski definition) is 2. The molecule has 0 heterocycles. The van der Waals surface area contributed by atoms with Crippen LogP contribution in [0, 0.1) is 0 Å². The Balaban J connectivity index is 2.40. The van der Waals surface area contributed by atoms with Gasteiger partial charge in [0.2, 0.25) is 5.91 Å². The van der Waals surface area contributed by atoms with Gasteiger partial charge in [-0.15, -0.1) is 0 Å². The summed E-state index contributed by atoms with van der Waals surface area (Å²) in [5, 5.41) is 4.67. The van der Waals surface area contributed by atoms with E-state index >= 15 is 0 Å². The Bertz CT molecular complexity index is 437. The molecule has 0 aliphatic heterocycles. The van der Waals surface area contributed by atoms with Crippen molar-refractivity contribution in [1.82, 2.24) is 10.6 Å². The first-order valence-corrected chi connectivity index (χ1v) is 6.40. The summed E-state index contributed by atoms with van der Waals surface area (Å²) in [6.45, 7) is 0.354. The van der Waals surface area contributed by atoms with Crippen LogP contribution in [0.2, 0.25) is 0 Å². The molecule has 0 bridgehead atoms. The fourth-order valence-electron chi connectivity index (χ4n) is 1.44. The quantitative estimate of drug-likeness (QED) is 0.866. The molecule has 0 saturated carbocycles. The highest BCUT2D eigenvalue weighted by Crippen LogP contribution is 2.22. The van der Waals surface area contributed by atoms with Crippen molar-refractivity contribution in [2.75, 3.05) is 13.1 Å². The minimum absolute atomic E-state index is 0.146. The van der Waals surface area contributed by atoms with Gasteiger partial charge in [0.1, 0.15) is 6.54 Å². The van der Waals surface area contributed by atoms with E-state index in [2.05, 4.69) is 21.2 Å². The van der Waals surface area contributed by atoms with Gasteiger partial charge in [-0.1, -0.05) is 34.1 Å². The van der Waals surface area contributed by atoms with E-state index in [9.17, 15) is 18.0 Å². The van der Waals surface area contributed by atoms with Crippen molar-refractivity contribution in [3.8, 4) is 0 Å². The van der Waals surface area contributed by atoms with Crippen LogP contribution in [0.25, 0.3) is 0 Å². The molecule has 2 N–H and O–H groups in total. The highest BCUT2D eigenvalue weighted by Gasteiger charge is 2.27. The summed E-state index contributed by atoms with van der Waals surface area (Å²) in [5.41, 5.74) is 0.936. The molecule has 106 valence electrons. The number of amides is 1. The van der Waals surface area contributed by atoms with E-state index in [1.165, 1.54) is 0 Å². The van der Waals surface area contributed by atoms with Crippen LogP contribution in [0.3, 0.4) is 0 Å². The lowest BCUT2D eigenvalue weighted by Crippen LogP contribution is -2.39. The predicted molar refractivity (Wildman–Crippen MR) is 69.6 cm³/mol. The Morgan fingerprint density at radius 1 is 1.37 bits per heavy atom. The summed E-state index contributed by atoms with van der Waals surface area (Å²) in [6, 6.07) is 7.29. The Kier molecular flexibility index (Phi) is 5.81. The van der Waals surface area contributed by atoms with Gasteiger partial charge in [-0.05, 0) is 18.6 Å². The van der Waals surface area contributed by atoms with Gasteiger partial charge in [0, 0.05) is 10.5 Å². The molecule has 0 aromatic heterocycles. The molecule has 1 aromatic carbocycles. The molecule has 0 fully saturated rings. The maximum atomic E-state index is 11.9. The predicted octanol–water partition coefficient (Wildman–Crippen LogP) is 2.78. The van der Waals surface area contributed by atoms with Crippen molar-refractivity contribution in [1.29, 1.82) is 0 Å². The van der Waals surface area contributed by atoms with Gasteiger partial charge in [0.15, 0.2) is 0 Å². The fraction of sp³-hybridized carbons (Fsp3) is 0.417. The average molecular weight is 339 g/mol. The summed E-state index contributed by atoms with van der Waals surface area (Å²) < 4.78 is 36.6. The summed E-state index contributed by atoms with van der Waals surface area (Å²) >= 11 is 3.37. The van der Waals surface area contributed by atoms with Crippen LogP contribution in [-0.2, 0) is 4.79 Å². The highest BCUT2D eigenvalue weighted by atomic mass is 79.9. The zero-order valence-electron chi connectivity index (χ0n) is 10.2. The number of alkyl halides is 3. The van der Waals surface area contributed by atoms with Crippen LogP contribution in [0.1, 0.15) is 18.5 Å². The largest absolute Gasteiger partial charge is 0.405 e. The summed E-state index contributed by atoms with van der Waals surface area (Å²) in [6.07, 6.45) is -4.39. The van der Waals surface area contributed by atoms with E-state index < -0.39 is 18.6 Å². The molecule has 7 heteroatoms. The van der Waals surface area contributed by atoms with Crippen molar-refractivity contribution < 1.29 is 18.0 Å². The highest BCUT2D eigenvalue weighted by molar-refractivity contribution is 9.10. The number of hydrogen-bond acceptors (Lipinski definition) is 2. The molecular formula is C12H14BrF3N2O. The molecule has 1 aromatic rings. The molecule has 3 nitrogen and oxygen atoms in total. The SMILES string of the molecule is C[C@H](NCC(=O)NCC(F)(F)F)c1ccccc1Br. The number of rotatable bonds is 5. The normalized spacial score (nSPS) is 13.1. The van der Waals surface area contributed by atoms with Crippen molar-refractivity contribution in [3.05, 3.63) is 34.3 Å². The molecule has 0 saturated heterocycles. The molecule has 0 aliphatic carbocycles. The lowest BCUT2D eigenvalue weighted by atomic mass is 10.1. The zero-order chi connectivity index (χ0) is 14.5. The van der Waals surface area contributed by atoms with Gasteiger partial charge in [-0.3, -0.25) is 4.79 Å². The van der Waals surface area contributed by atoms with E-state index in [0.29, 0.717) is 0 Å². The van der Waals surface area contributed by atoms with E-state index in [1.54, 1.807) is 5.32 Å². The lowest BCUT2D eigenvalue weighted by Gasteiger charge is -2.16. The first-order valence-electron chi connectivity index (χ1n) is 5.61. The lowest BCUT2D eigenvalue weighted by molar-refractivity contribution is -0.137. The van der Waals surface area contributed by atoms with Crippen LogP contribution in [0.15, 0.2) is 28.7 Å². The van der Waals surface area contributed by atoms with Crippen LogP contribution in [0.5, 0.6) is 0 Å². The molecule has 1 atom stereocenters. The number of halogens is 4. The minimum atomic E-state index is -4.39. The molecule has 0 spiro atoms. The molecule has 0 unspecified atom stereocenters. The maximum Gasteiger partial charge on any atom is 0.405 e. The second kappa shape index (κ2) is 6.91. The van der Waals surface area contributed by atoms with Crippen molar-refractivity contribution >= 4 is 21.8 Å². The third-order valence-corrected chi connectivity index (χ3v) is 3.15. The van der Waals surface area contributed by atoms with E-state index in [1.807, 2.05) is 31.2 Å². The Hall–Kier alpha value is -1.08. The maximum absolute atomic E-state index is 11.9. The second-order valence-corrected chi connectivity index (χ2v) is 4.87. The molecule has 0 radical (unpaired) electrons. The van der Waals surface area contributed by atoms with Gasteiger partial charge in [0.25, 0.3) is 0 Å². The van der Waals surface area contributed by atoms with Crippen LogP contribution in [-0.4, -0.2) is 25.2 Å². The first kappa shape index (κ1) is 16.0. The zero-order valence-corrected chi connectivity index (χ0v) is 11.8. The van der Waals surface area contributed by atoms with Crippen molar-refractivity contribution in [3.63, 3.8) is 0 Å². The molecule has 0 aliphatic rings. The standard InChI is InChI=1S/C12H14BrF3N2O/c1-8(9-4-2-3-5-10(9)13)17-6-11(19)18-7-12(14,15)16/h2-5,8,17H,6-7H2,1H3,(H,18,19)/t8-/m0/s1. The molecule has 1 rings (SSSR count). The first-order chi connectivity index (χ1) is 8.79. The number of benzene rings is 1. The minimum Gasteiger partial charge on any atom is -0.346 e. The second-order valence-electron chi connectivity index (χ2n) is 4.02. The summed E-state index contributed by atoms with van der Waals surface area (Å²) in [5.74, 6) is -0.684. The smallest absolute Gasteiger partial charge is 0.346 e. The molecular weight excluding hydrogens is 325 g/mol. The van der Waals surface area contributed by atoms with Gasteiger partial charge in [-0.2, -0.15) is 13.2 Å². The topological polar surface area (TPSA) is 41.1 Å². The number of carbonyl (C=O) groups is 1. The Morgan fingerprint density at radius 3 is 2.58 bits per heavy atom. The van der Waals surface area contributed by atoms with Crippen molar-refractivity contribution in [2.45, 2.75) is 19.1 Å². The summed E-state index contributed by atoms with van der Waals surface area (Å²) in [4.78, 5) is 11.2. The summed E-state index contributed by atoms with van der Waals surface area (Å²) in [7, 11) is 0. The van der Waals surface area contributed by atoms with Crippen molar-refractivity contribution in [2.24, 2.45) is 0 Å². The van der Waals surface area contributed by atoms with Gasteiger partial charge < -0.3 is 10.6 Å². The van der Waals surface area contributed by atoms with Crippen LogP contribution < -0.4 is 10.6 Å². The number of nitrogens with one attached hydrogen (secondary N) is 2. The third kappa shape index (κ3) is 6.07. The van der Waals surface area contributed by atoms with E-state index in [0.717, 1.165) is 10.0 Å².